The highest BCUT2D eigenvalue weighted by Crippen LogP contribution is 2.47. The summed E-state index contributed by atoms with van der Waals surface area (Å²) >= 11 is 0. The molecule has 0 aliphatic carbocycles. The highest BCUT2D eigenvalue weighted by Gasteiger charge is 2.32. The lowest BCUT2D eigenvalue weighted by Crippen LogP contribution is -2.25. The van der Waals surface area contributed by atoms with Gasteiger partial charge in [-0.25, -0.2) is 4.98 Å². The molecule has 1 aromatic heterocycles. The summed E-state index contributed by atoms with van der Waals surface area (Å²) in [5.41, 5.74) is -2.01. The fourth-order valence-electron chi connectivity index (χ4n) is 6.84. The van der Waals surface area contributed by atoms with Crippen molar-refractivity contribution in [3.8, 4) is 22.4 Å². The maximum Gasteiger partial charge on any atom is 0.171 e. The Kier molecular flexibility index (Phi) is 4.44. The van der Waals surface area contributed by atoms with E-state index in [9.17, 15) is 5.48 Å². The van der Waals surface area contributed by atoms with Crippen LogP contribution in [0.5, 0.6) is 0 Å². The summed E-state index contributed by atoms with van der Waals surface area (Å²) in [6, 6.07) is -0.648. The van der Waals surface area contributed by atoms with Gasteiger partial charge in [-0.15, -0.1) is 0 Å². The van der Waals surface area contributed by atoms with Crippen LogP contribution in [0.15, 0.2) is 224 Å². The Morgan fingerprint density at radius 3 is 1.58 bits per heavy atom. The molecule has 0 aliphatic rings. The highest BCUT2D eigenvalue weighted by atomic mass is 31.2. The van der Waals surface area contributed by atoms with Gasteiger partial charge in [0.25, 0.3) is 0 Å². The minimum Gasteiger partial charge on any atom is -0.311 e. The number of anilines is 3. The van der Waals surface area contributed by atoms with Crippen LogP contribution in [-0.4, -0.2) is 4.98 Å². The molecule has 57 heavy (non-hydrogen) atoms. The van der Waals surface area contributed by atoms with Crippen LogP contribution in [0.25, 0.3) is 54.8 Å². The minimum atomic E-state index is -5.28. The molecule has 0 unspecified atom stereocenters. The van der Waals surface area contributed by atoms with Gasteiger partial charge in [0.05, 0.1) is 44.1 Å². The largest absolute Gasteiger partial charge is 0.311 e. The van der Waals surface area contributed by atoms with Gasteiger partial charge in [0.1, 0.15) is 0 Å². The molecule has 0 amide bonds. The SMILES string of the molecule is [2H]c1c([2H])c([2H])c(-c2c([2H])c([2H])c(N(c3ccc(-c4nc5ccccc5c5c4cc(P(=O)(c4c([2H])c([2H])c([2H])c([2H])c4[2H])c4c([2H])c([2H])c([2H])c([2H])c4[2H])c4ccccc45)cc3)c3c([2H])c([2H])c([2H])c([2H])c3[2H])c([2H])c2[2H])c([2H])c1[2H]. The number of nitrogens with zero attached hydrogens (tertiary/aromatic N) is 2. The van der Waals surface area contributed by atoms with Gasteiger partial charge < -0.3 is 9.46 Å². The van der Waals surface area contributed by atoms with Gasteiger partial charge in [-0.2, -0.15) is 0 Å². The molecule has 9 aromatic carbocycles. The zero-order chi connectivity index (χ0) is 59.1. The Labute approximate surface area is 366 Å². The molecule has 0 aliphatic heterocycles. The molecule has 0 saturated carbocycles. The first-order valence-corrected chi connectivity index (χ1v) is 19.0. The summed E-state index contributed by atoms with van der Waals surface area (Å²) in [6.07, 6.45) is 0. The average Bonchev–Trinajstić information content (AvgIpc) is 3.53. The molecule has 4 heteroatoms. The second kappa shape index (κ2) is 14.5. The van der Waals surface area contributed by atoms with Crippen molar-refractivity contribution >= 4 is 72.6 Å². The van der Waals surface area contributed by atoms with Crippen LogP contribution in [0, 0.1) is 0 Å². The van der Waals surface area contributed by atoms with E-state index < -0.39 is 185 Å². The van der Waals surface area contributed by atoms with E-state index in [4.69, 9.17) is 32.4 Å². The lowest BCUT2D eigenvalue weighted by Gasteiger charge is -2.26. The van der Waals surface area contributed by atoms with Crippen LogP contribution in [0.4, 0.5) is 17.1 Å². The quantitative estimate of drug-likeness (QED) is 0.114. The first-order valence-electron chi connectivity index (χ1n) is 29.3. The van der Waals surface area contributed by atoms with Crippen molar-refractivity contribution in [3.05, 3.63) is 224 Å². The van der Waals surface area contributed by atoms with Gasteiger partial charge in [0.15, 0.2) is 7.14 Å². The monoisotopic (exact) mass is 772 g/mol. The number of hydrogen-bond donors (Lipinski definition) is 0. The lowest BCUT2D eigenvalue weighted by atomic mass is 9.95. The molecule has 10 rings (SSSR count). The molecule has 0 N–H and O–H groups in total. The lowest BCUT2D eigenvalue weighted by molar-refractivity contribution is 0.592. The third kappa shape index (κ3) is 6.10. The molecule has 0 radical (unpaired) electrons. The van der Waals surface area contributed by atoms with Crippen molar-refractivity contribution in [1.82, 2.24) is 4.98 Å². The van der Waals surface area contributed by atoms with Gasteiger partial charge in [-0.3, -0.25) is 0 Å². The predicted octanol–water partition coefficient (Wildman–Crippen LogP) is 13.0. The third-order valence-corrected chi connectivity index (χ3v) is 12.1. The van der Waals surface area contributed by atoms with Crippen LogP contribution in [0.1, 0.15) is 32.9 Å². The topological polar surface area (TPSA) is 33.2 Å². The van der Waals surface area contributed by atoms with Crippen molar-refractivity contribution in [2.75, 3.05) is 4.90 Å². The standard InChI is InChI=1S/C53H37N2OP/c56-57(44-21-9-3-10-22-44,45-23-11-4-12-24-45)51-37-49-52(47-26-14-13-25-46(47)51)48-27-15-16-28-50(48)54-53(49)40-31-35-43(36-32-40)55(41-19-7-2-8-20-41)42-33-29-39(30-34-42)38-17-5-1-6-18-38/h1-37H/i1D,2D,3D,4D,5D,6D,7D,8D,9D,10D,11D,12D,17D,18D,19D,20D,21D,22D,23D,24D,29D,30D,33D,34D. The maximum atomic E-state index is 17.0. The van der Waals surface area contributed by atoms with Crippen molar-refractivity contribution in [1.29, 1.82) is 0 Å². The first kappa shape index (κ1) is 17.4. The molecule has 1 heterocycles. The fraction of sp³-hybridized carbons (Fsp3) is 0. The summed E-state index contributed by atoms with van der Waals surface area (Å²) in [4.78, 5) is 5.95. The molecule has 0 atom stereocenters. The Hall–Kier alpha value is -7.06. The summed E-state index contributed by atoms with van der Waals surface area (Å²) in [6.45, 7) is 0. The molecule has 0 spiro atoms. The van der Waals surface area contributed by atoms with E-state index >= 15 is 4.57 Å². The number of fused-ring (bicyclic) bond motifs is 5. The molecule has 270 valence electrons. The van der Waals surface area contributed by atoms with Crippen molar-refractivity contribution in [2.45, 2.75) is 0 Å². The van der Waals surface area contributed by atoms with Crippen LogP contribution in [-0.2, 0) is 4.57 Å². The van der Waals surface area contributed by atoms with E-state index in [-0.39, 0.29) is 33.0 Å². The zero-order valence-electron chi connectivity index (χ0n) is 53.3. The summed E-state index contributed by atoms with van der Waals surface area (Å²) < 4.78 is 228. The van der Waals surface area contributed by atoms with E-state index in [1.807, 2.05) is 0 Å². The van der Waals surface area contributed by atoms with Crippen molar-refractivity contribution < 1.29 is 37.5 Å². The molecule has 3 nitrogen and oxygen atoms in total. The van der Waals surface area contributed by atoms with Crippen molar-refractivity contribution in [3.63, 3.8) is 0 Å². The van der Waals surface area contributed by atoms with E-state index in [1.54, 1.807) is 48.5 Å². The van der Waals surface area contributed by atoms with Crippen LogP contribution in [0.3, 0.4) is 0 Å². The number of para-hydroxylation sites is 2. The second-order valence-electron chi connectivity index (χ2n) is 12.5. The van der Waals surface area contributed by atoms with Crippen LogP contribution >= 0.6 is 7.14 Å². The number of aromatic nitrogens is 1. The smallest absolute Gasteiger partial charge is 0.171 e. The van der Waals surface area contributed by atoms with E-state index in [0.29, 0.717) is 21.7 Å². The Morgan fingerprint density at radius 1 is 0.439 bits per heavy atom. The van der Waals surface area contributed by atoms with E-state index in [1.165, 1.54) is 30.3 Å². The molecule has 10 aromatic rings. The molecule has 0 bridgehead atoms. The third-order valence-electron chi connectivity index (χ3n) is 9.32. The minimum absolute atomic E-state index is 0.109. The maximum absolute atomic E-state index is 17.0. The fourth-order valence-corrected chi connectivity index (χ4v) is 9.25. The normalized spacial score (nSPS) is 17.5. The summed E-state index contributed by atoms with van der Waals surface area (Å²) in [5, 5.41) is -0.268. The Balaban J connectivity index is 1.30. The van der Waals surface area contributed by atoms with Gasteiger partial charge in [0, 0.05) is 54.7 Å². The van der Waals surface area contributed by atoms with E-state index in [0.717, 1.165) is 4.90 Å². The predicted molar refractivity (Wildman–Crippen MR) is 242 cm³/mol. The summed E-state index contributed by atoms with van der Waals surface area (Å²) in [5.74, 6) is 0. The van der Waals surface area contributed by atoms with E-state index in [2.05, 4.69) is 0 Å². The molecular formula is C53H37N2OP. The Bertz CT molecular complexity index is 4300. The van der Waals surface area contributed by atoms with Crippen LogP contribution in [0.2, 0.25) is 0 Å². The van der Waals surface area contributed by atoms with Gasteiger partial charge in [0.2, 0.25) is 0 Å². The summed E-state index contributed by atoms with van der Waals surface area (Å²) in [7, 11) is -5.28. The van der Waals surface area contributed by atoms with Crippen LogP contribution < -0.4 is 20.8 Å². The molecular weight excluding hydrogens is 712 g/mol. The number of hydrogen-bond acceptors (Lipinski definition) is 3. The van der Waals surface area contributed by atoms with Gasteiger partial charge >= 0.3 is 0 Å². The second-order valence-corrected chi connectivity index (χ2v) is 15.1. The number of rotatable bonds is 8. The highest BCUT2D eigenvalue weighted by molar-refractivity contribution is 7.85. The van der Waals surface area contributed by atoms with Crippen molar-refractivity contribution in [2.24, 2.45) is 0 Å². The first-order chi connectivity index (χ1) is 38.1. The number of benzene rings is 9. The Morgan fingerprint density at radius 2 is 0.947 bits per heavy atom. The average molecular weight is 773 g/mol. The zero-order valence-corrected chi connectivity index (χ0v) is 30.1. The molecule has 0 saturated heterocycles. The van der Waals surface area contributed by atoms with Gasteiger partial charge in [-0.05, 0) is 70.3 Å². The van der Waals surface area contributed by atoms with Gasteiger partial charge in [-0.1, -0.05) is 175 Å². The molecule has 0 fully saturated rings. The number of pyridine rings is 1.